The van der Waals surface area contributed by atoms with Gasteiger partial charge in [-0.15, -0.1) is 11.3 Å². The summed E-state index contributed by atoms with van der Waals surface area (Å²) < 4.78 is 0. The third kappa shape index (κ3) is 4.96. The lowest BCUT2D eigenvalue weighted by Crippen LogP contribution is -2.49. The topological polar surface area (TPSA) is 70.2 Å². The van der Waals surface area contributed by atoms with E-state index in [2.05, 4.69) is 20.6 Å². The lowest BCUT2D eigenvalue weighted by atomic mass is 9.73. The molecule has 1 aliphatic heterocycles. The van der Waals surface area contributed by atoms with Crippen LogP contribution in [0.1, 0.15) is 55.4 Å². The molecular formula is C30H33Cl2N5OS. The van der Waals surface area contributed by atoms with Crippen molar-refractivity contribution in [2.24, 2.45) is 17.8 Å². The van der Waals surface area contributed by atoms with Crippen LogP contribution >= 0.6 is 34.5 Å². The molecule has 4 aliphatic rings. The summed E-state index contributed by atoms with van der Waals surface area (Å²) in [4.78, 5) is 26.2. The Morgan fingerprint density at radius 1 is 1.18 bits per heavy atom. The molecule has 6 nitrogen and oxygen atoms in total. The third-order valence-electron chi connectivity index (χ3n) is 9.49. The number of carbonyl (C=O) groups is 1. The molecule has 3 aliphatic carbocycles. The molecule has 0 spiro atoms. The fourth-order valence-corrected chi connectivity index (χ4v) is 9.35. The summed E-state index contributed by atoms with van der Waals surface area (Å²) in [5.41, 5.74) is 2.35. The number of carbonyl (C=O) groups excluding carboxylic acids is 1. The highest BCUT2D eigenvalue weighted by atomic mass is 35.5. The number of nitrogens with one attached hydrogen (secondary N) is 2. The Balaban J connectivity index is 1.01. The summed E-state index contributed by atoms with van der Waals surface area (Å²) in [6.45, 7) is 2.07. The zero-order chi connectivity index (χ0) is 26.6. The van der Waals surface area contributed by atoms with Gasteiger partial charge in [0, 0.05) is 35.3 Å². The maximum Gasteiger partial charge on any atom is 0.246 e. The van der Waals surface area contributed by atoms with Crippen LogP contribution in [0, 0.1) is 17.8 Å². The van der Waals surface area contributed by atoms with E-state index in [4.69, 9.17) is 23.2 Å². The molecule has 2 aromatic heterocycles. The van der Waals surface area contributed by atoms with Crippen LogP contribution in [-0.4, -0.2) is 39.4 Å². The van der Waals surface area contributed by atoms with Crippen LogP contribution in [0.4, 0.5) is 11.5 Å². The van der Waals surface area contributed by atoms with E-state index >= 15 is 0 Å². The van der Waals surface area contributed by atoms with Crippen molar-refractivity contribution in [2.45, 2.75) is 63.5 Å². The third-order valence-corrected chi connectivity index (χ3v) is 11.4. The second-order valence-corrected chi connectivity index (χ2v) is 13.8. The number of amides is 1. The summed E-state index contributed by atoms with van der Waals surface area (Å²) >= 11 is 13.9. The number of fused-ring (bicyclic) bond motifs is 5. The van der Waals surface area contributed by atoms with Gasteiger partial charge in [-0.05, 0) is 80.0 Å². The van der Waals surface area contributed by atoms with Crippen LogP contribution in [0.25, 0.3) is 10.2 Å². The number of thiophene rings is 1. The molecule has 39 heavy (non-hydrogen) atoms. The molecule has 7 rings (SSSR count). The van der Waals surface area contributed by atoms with Crippen molar-refractivity contribution in [1.82, 2.24) is 20.2 Å². The molecule has 0 saturated heterocycles. The summed E-state index contributed by atoms with van der Waals surface area (Å²) in [7, 11) is 0. The lowest BCUT2D eigenvalue weighted by Gasteiger charge is -2.41. The molecule has 9 heteroatoms. The van der Waals surface area contributed by atoms with Crippen molar-refractivity contribution >= 4 is 62.2 Å². The van der Waals surface area contributed by atoms with E-state index in [-0.39, 0.29) is 5.91 Å². The minimum atomic E-state index is 0.0855. The predicted octanol–water partition coefficient (Wildman–Crippen LogP) is 7.13. The normalized spacial score (nSPS) is 27.7. The number of nitrogens with zero attached hydrogens (tertiary/aromatic N) is 3. The van der Waals surface area contributed by atoms with Gasteiger partial charge in [0.15, 0.2) is 0 Å². The van der Waals surface area contributed by atoms with Crippen LogP contribution in [0.5, 0.6) is 0 Å². The van der Waals surface area contributed by atoms with E-state index in [0.29, 0.717) is 28.7 Å². The highest BCUT2D eigenvalue weighted by molar-refractivity contribution is 7.19. The number of hydrogen-bond acceptors (Lipinski definition) is 6. The van der Waals surface area contributed by atoms with E-state index in [9.17, 15) is 4.79 Å². The SMILES string of the molecule is O=C(/C=C/CNC12CCCC3CC(CC3C1)C2)N1CCc2c(sc3ncnc(Nc4ccc(Cl)c(Cl)c4)c23)C1. The molecule has 0 radical (unpaired) electrons. The van der Waals surface area contributed by atoms with Gasteiger partial charge < -0.3 is 15.5 Å². The second-order valence-electron chi connectivity index (χ2n) is 11.9. The van der Waals surface area contributed by atoms with Crippen LogP contribution in [0.3, 0.4) is 0 Å². The Morgan fingerprint density at radius 2 is 2.08 bits per heavy atom. The van der Waals surface area contributed by atoms with Crippen LogP contribution in [0.2, 0.25) is 10.0 Å². The van der Waals surface area contributed by atoms with Crippen molar-refractivity contribution in [3.8, 4) is 0 Å². The number of anilines is 2. The van der Waals surface area contributed by atoms with Gasteiger partial charge in [0.25, 0.3) is 0 Å². The maximum atomic E-state index is 13.1. The fourth-order valence-electron chi connectivity index (χ4n) is 7.85. The van der Waals surface area contributed by atoms with Gasteiger partial charge in [-0.1, -0.05) is 42.1 Å². The van der Waals surface area contributed by atoms with Crippen LogP contribution < -0.4 is 10.6 Å². The van der Waals surface area contributed by atoms with E-state index in [1.165, 1.54) is 55.4 Å². The minimum Gasteiger partial charge on any atom is -0.340 e. The molecule has 3 fully saturated rings. The fraction of sp³-hybridized carbons (Fsp3) is 0.500. The average Bonchev–Trinajstić information content (AvgIpc) is 3.40. The van der Waals surface area contributed by atoms with Crippen molar-refractivity contribution in [3.05, 3.63) is 57.2 Å². The highest BCUT2D eigenvalue weighted by Gasteiger charge is 2.49. The summed E-state index contributed by atoms with van der Waals surface area (Å²) in [5.74, 6) is 3.66. The predicted molar refractivity (Wildman–Crippen MR) is 159 cm³/mol. The first-order chi connectivity index (χ1) is 19.0. The molecule has 2 N–H and O–H groups in total. The van der Waals surface area contributed by atoms with Crippen LogP contribution in [0.15, 0.2) is 36.7 Å². The first kappa shape index (κ1) is 25.8. The Hall–Kier alpha value is -2.19. The standard InChI is InChI=1S/C30H33Cl2N5OS/c31-23-6-5-21(13-24(23)32)36-28-27-22-7-10-37(16-25(22)39-29(27)34-17-33-28)26(38)4-2-9-35-30-8-1-3-19-11-18(14-30)12-20(19)15-30/h2,4-6,13,17-20,35H,1,3,7-12,14-16H2,(H,33,34,36)/b4-2+. The smallest absolute Gasteiger partial charge is 0.246 e. The van der Waals surface area contributed by atoms with Gasteiger partial charge in [-0.25, -0.2) is 9.97 Å². The minimum absolute atomic E-state index is 0.0855. The van der Waals surface area contributed by atoms with Crippen molar-refractivity contribution in [2.75, 3.05) is 18.4 Å². The van der Waals surface area contributed by atoms with Gasteiger partial charge >= 0.3 is 0 Å². The van der Waals surface area contributed by atoms with Crippen molar-refractivity contribution in [1.29, 1.82) is 0 Å². The highest BCUT2D eigenvalue weighted by Crippen LogP contribution is 2.55. The Bertz CT molecular complexity index is 1460. The molecule has 3 aromatic rings. The lowest BCUT2D eigenvalue weighted by molar-refractivity contribution is -0.126. The second kappa shape index (κ2) is 10.3. The molecule has 4 atom stereocenters. The van der Waals surface area contributed by atoms with Gasteiger partial charge in [-0.2, -0.15) is 0 Å². The summed E-state index contributed by atoms with van der Waals surface area (Å²) in [5, 5.41) is 9.31. The van der Waals surface area contributed by atoms with Gasteiger partial charge in [0.05, 0.1) is 22.0 Å². The Morgan fingerprint density at radius 3 is 2.97 bits per heavy atom. The largest absolute Gasteiger partial charge is 0.340 e. The molecule has 3 bridgehead atoms. The molecule has 1 aromatic carbocycles. The van der Waals surface area contributed by atoms with E-state index in [1.807, 2.05) is 17.0 Å². The summed E-state index contributed by atoms with van der Waals surface area (Å²) in [6.07, 6.45) is 15.8. The zero-order valence-corrected chi connectivity index (χ0v) is 24.2. The van der Waals surface area contributed by atoms with E-state index < -0.39 is 0 Å². The number of hydrogen-bond donors (Lipinski definition) is 2. The number of halogens is 2. The van der Waals surface area contributed by atoms with Crippen LogP contribution in [-0.2, 0) is 17.8 Å². The van der Waals surface area contributed by atoms with Gasteiger partial charge in [0.2, 0.25) is 5.91 Å². The Labute approximate surface area is 243 Å². The number of benzene rings is 1. The monoisotopic (exact) mass is 581 g/mol. The molecule has 1 amide bonds. The summed E-state index contributed by atoms with van der Waals surface area (Å²) in [6, 6.07) is 5.45. The van der Waals surface area contributed by atoms with Gasteiger partial charge in [0.1, 0.15) is 17.0 Å². The zero-order valence-electron chi connectivity index (χ0n) is 21.9. The van der Waals surface area contributed by atoms with Crippen molar-refractivity contribution < 1.29 is 4.79 Å². The van der Waals surface area contributed by atoms with Gasteiger partial charge in [-0.3, -0.25) is 4.79 Å². The average molecular weight is 583 g/mol. The molecular weight excluding hydrogens is 549 g/mol. The molecule has 3 heterocycles. The number of aromatic nitrogens is 2. The Kier molecular flexibility index (Phi) is 6.82. The van der Waals surface area contributed by atoms with E-state index in [1.54, 1.807) is 35.9 Å². The molecule has 3 saturated carbocycles. The van der Waals surface area contributed by atoms with E-state index in [0.717, 1.165) is 52.4 Å². The first-order valence-electron chi connectivity index (χ1n) is 14.1. The van der Waals surface area contributed by atoms with Crippen molar-refractivity contribution in [3.63, 3.8) is 0 Å². The molecule has 204 valence electrons. The maximum absolute atomic E-state index is 13.1. The first-order valence-corrected chi connectivity index (χ1v) is 15.7. The number of rotatable bonds is 6. The quantitative estimate of drug-likeness (QED) is 0.303. The molecule has 4 unspecified atom stereocenters.